The summed E-state index contributed by atoms with van der Waals surface area (Å²) in [5.74, 6) is -1.36. The summed E-state index contributed by atoms with van der Waals surface area (Å²) in [6.07, 6.45) is -9.70. The molecule has 0 unspecified atom stereocenters. The number of benzene rings is 2. The number of nitrogens with zero attached hydrogens (tertiary/aromatic N) is 3. The molecule has 6 nitrogen and oxygen atoms in total. The van der Waals surface area contributed by atoms with Crippen molar-refractivity contribution in [1.29, 1.82) is 0 Å². The molecule has 1 N–H and O–H groups in total. The molecule has 2 aromatic carbocycles. The molecular weight excluding hydrogens is 502 g/mol. The van der Waals surface area contributed by atoms with Gasteiger partial charge in [0.2, 0.25) is 0 Å². The highest BCUT2D eigenvalue weighted by Crippen LogP contribution is 2.34. The molecule has 2 heterocycles. The molecule has 0 fully saturated rings. The number of hydrogen-bond donors (Lipinski definition) is 1. The molecule has 4 rings (SSSR count). The second kappa shape index (κ2) is 8.77. The summed E-state index contributed by atoms with van der Waals surface area (Å²) in [6, 6.07) is 11.0. The lowest BCUT2D eigenvalue weighted by molar-refractivity contribution is -0.274. The van der Waals surface area contributed by atoms with E-state index < -0.39 is 29.9 Å². The minimum Gasteiger partial charge on any atom is -0.406 e. The fourth-order valence-electron chi connectivity index (χ4n) is 3.29. The lowest BCUT2D eigenvalue weighted by atomic mass is 10.1. The van der Waals surface area contributed by atoms with Gasteiger partial charge in [0.1, 0.15) is 11.3 Å². The Morgan fingerprint density at radius 3 is 2.20 bits per heavy atom. The summed E-state index contributed by atoms with van der Waals surface area (Å²) < 4.78 is 82.7. The summed E-state index contributed by atoms with van der Waals surface area (Å²) in [4.78, 5) is 17.2. The number of carbonyl (C=O) groups is 1. The zero-order valence-electron chi connectivity index (χ0n) is 17.5. The van der Waals surface area contributed by atoms with Gasteiger partial charge in [-0.3, -0.25) is 4.79 Å². The monoisotopic (exact) mass is 514 g/mol. The zero-order chi connectivity index (χ0) is 25.5. The standard InChI is InChI=1S/C22H13ClF6N4O2/c1-11-18(20(34)30-14-6-8-15(9-7-14)35-22(27,28)29)19-31-16(12-2-4-13(23)5-3-12)10-17(21(24,25)26)33(19)32-11/h2-10H,1H3,(H,30,34). The van der Waals surface area contributed by atoms with Gasteiger partial charge in [-0.1, -0.05) is 23.7 Å². The van der Waals surface area contributed by atoms with Crippen molar-refractivity contribution in [1.82, 2.24) is 14.6 Å². The van der Waals surface area contributed by atoms with Gasteiger partial charge in [0, 0.05) is 16.3 Å². The molecule has 2 aromatic heterocycles. The number of alkyl halides is 6. The first kappa shape index (κ1) is 24.3. The van der Waals surface area contributed by atoms with Gasteiger partial charge in [0.15, 0.2) is 11.3 Å². The first-order valence-electron chi connectivity index (χ1n) is 9.72. The van der Waals surface area contributed by atoms with Crippen LogP contribution >= 0.6 is 11.6 Å². The average molecular weight is 515 g/mol. The van der Waals surface area contributed by atoms with Crippen LogP contribution in [0.1, 0.15) is 21.7 Å². The van der Waals surface area contributed by atoms with Crippen LogP contribution in [0, 0.1) is 6.92 Å². The molecule has 182 valence electrons. The number of amides is 1. The molecule has 4 aromatic rings. The van der Waals surface area contributed by atoms with E-state index >= 15 is 0 Å². The van der Waals surface area contributed by atoms with Gasteiger partial charge in [0.05, 0.1) is 11.4 Å². The maximum atomic E-state index is 13.8. The Morgan fingerprint density at radius 2 is 1.63 bits per heavy atom. The van der Waals surface area contributed by atoms with Gasteiger partial charge >= 0.3 is 12.5 Å². The lowest BCUT2D eigenvalue weighted by Crippen LogP contribution is -2.17. The molecule has 0 atom stereocenters. The summed E-state index contributed by atoms with van der Waals surface area (Å²) in [6.45, 7) is 1.34. The van der Waals surface area contributed by atoms with Gasteiger partial charge < -0.3 is 10.1 Å². The van der Waals surface area contributed by atoms with Crippen molar-refractivity contribution in [3.8, 4) is 17.0 Å². The third-order valence-corrected chi connectivity index (χ3v) is 5.02. The van der Waals surface area contributed by atoms with Crippen molar-refractivity contribution >= 4 is 28.8 Å². The van der Waals surface area contributed by atoms with E-state index in [-0.39, 0.29) is 28.3 Å². The zero-order valence-corrected chi connectivity index (χ0v) is 18.3. The maximum Gasteiger partial charge on any atom is 0.573 e. The number of nitrogens with one attached hydrogen (secondary N) is 1. The number of rotatable bonds is 4. The normalized spacial score (nSPS) is 12.1. The largest absolute Gasteiger partial charge is 0.573 e. The SMILES string of the molecule is Cc1nn2c(C(F)(F)F)cc(-c3ccc(Cl)cc3)nc2c1C(=O)Nc1ccc(OC(F)(F)F)cc1. The van der Waals surface area contributed by atoms with Crippen molar-refractivity contribution in [3.63, 3.8) is 0 Å². The highest BCUT2D eigenvalue weighted by Gasteiger charge is 2.37. The number of halogens is 7. The van der Waals surface area contributed by atoms with E-state index in [2.05, 4.69) is 20.1 Å². The van der Waals surface area contributed by atoms with Crippen molar-refractivity contribution in [3.05, 3.63) is 76.6 Å². The van der Waals surface area contributed by atoms with Crippen LogP contribution in [-0.4, -0.2) is 26.9 Å². The minimum absolute atomic E-state index is 0.0363. The minimum atomic E-state index is -4.89. The van der Waals surface area contributed by atoms with Gasteiger partial charge in [-0.2, -0.15) is 18.3 Å². The predicted octanol–water partition coefficient (Wildman–Crippen LogP) is 6.53. The number of anilines is 1. The Hall–Kier alpha value is -3.80. The quantitative estimate of drug-likeness (QED) is 0.314. The first-order valence-corrected chi connectivity index (χ1v) is 10.1. The van der Waals surface area contributed by atoms with E-state index in [1.54, 1.807) is 0 Å². The predicted molar refractivity (Wildman–Crippen MR) is 114 cm³/mol. The van der Waals surface area contributed by atoms with Gasteiger partial charge in [-0.05, 0) is 49.4 Å². The van der Waals surface area contributed by atoms with Crippen molar-refractivity contribution in [2.45, 2.75) is 19.5 Å². The molecule has 0 aliphatic heterocycles. The van der Waals surface area contributed by atoms with Crippen LogP contribution in [0.3, 0.4) is 0 Å². The second-order valence-corrected chi connectivity index (χ2v) is 7.69. The molecule has 0 spiro atoms. The Morgan fingerprint density at radius 1 is 1.00 bits per heavy atom. The van der Waals surface area contributed by atoms with Crippen LogP contribution in [0.25, 0.3) is 16.9 Å². The summed E-state index contributed by atoms with van der Waals surface area (Å²) in [7, 11) is 0. The Balaban J connectivity index is 1.75. The fraction of sp³-hybridized carbons (Fsp3) is 0.136. The lowest BCUT2D eigenvalue weighted by Gasteiger charge is -2.12. The summed E-state index contributed by atoms with van der Waals surface area (Å²) in [5.41, 5.74) is -1.43. The highest BCUT2D eigenvalue weighted by atomic mass is 35.5. The van der Waals surface area contributed by atoms with E-state index in [0.29, 0.717) is 15.1 Å². The molecule has 0 aliphatic carbocycles. The molecule has 0 saturated heterocycles. The van der Waals surface area contributed by atoms with Crippen LogP contribution in [0.5, 0.6) is 5.75 Å². The number of ether oxygens (including phenoxy) is 1. The van der Waals surface area contributed by atoms with Crippen LogP contribution < -0.4 is 10.1 Å². The van der Waals surface area contributed by atoms with Crippen molar-refractivity contribution in [2.75, 3.05) is 5.32 Å². The maximum absolute atomic E-state index is 13.8. The molecule has 0 radical (unpaired) electrons. The molecule has 0 saturated carbocycles. The van der Waals surface area contributed by atoms with E-state index in [9.17, 15) is 31.1 Å². The molecule has 0 aliphatic rings. The average Bonchev–Trinajstić information content (AvgIpc) is 3.09. The van der Waals surface area contributed by atoms with E-state index in [1.165, 1.54) is 31.2 Å². The van der Waals surface area contributed by atoms with E-state index in [0.717, 1.165) is 30.3 Å². The van der Waals surface area contributed by atoms with Crippen LogP contribution in [-0.2, 0) is 6.18 Å². The van der Waals surface area contributed by atoms with Gasteiger partial charge in [-0.15, -0.1) is 13.2 Å². The molecule has 35 heavy (non-hydrogen) atoms. The van der Waals surface area contributed by atoms with Gasteiger partial charge in [-0.25, -0.2) is 9.50 Å². The third kappa shape index (κ3) is 5.32. The fourth-order valence-corrected chi connectivity index (χ4v) is 3.42. The smallest absolute Gasteiger partial charge is 0.406 e. The van der Waals surface area contributed by atoms with Gasteiger partial charge in [0.25, 0.3) is 5.91 Å². The van der Waals surface area contributed by atoms with Crippen LogP contribution in [0.15, 0.2) is 54.6 Å². The summed E-state index contributed by atoms with van der Waals surface area (Å²) in [5, 5.41) is 6.65. The Kier molecular flexibility index (Phi) is 6.09. The Labute approximate surface area is 198 Å². The van der Waals surface area contributed by atoms with Crippen LogP contribution in [0.4, 0.5) is 32.0 Å². The topological polar surface area (TPSA) is 68.5 Å². The van der Waals surface area contributed by atoms with E-state index in [1.807, 2.05) is 0 Å². The number of aromatic nitrogens is 3. The van der Waals surface area contributed by atoms with Crippen molar-refractivity contribution < 1.29 is 35.9 Å². The molecular formula is C22H13ClF6N4O2. The number of carbonyl (C=O) groups excluding carboxylic acids is 1. The number of fused-ring (bicyclic) bond motifs is 1. The highest BCUT2D eigenvalue weighted by molar-refractivity contribution is 6.30. The van der Waals surface area contributed by atoms with E-state index in [4.69, 9.17) is 11.6 Å². The second-order valence-electron chi connectivity index (χ2n) is 7.25. The first-order chi connectivity index (χ1) is 16.3. The van der Waals surface area contributed by atoms with Crippen molar-refractivity contribution in [2.24, 2.45) is 0 Å². The molecule has 1 amide bonds. The number of hydrogen-bond acceptors (Lipinski definition) is 4. The number of aryl methyl sites for hydroxylation is 1. The van der Waals surface area contributed by atoms with Crippen LogP contribution in [0.2, 0.25) is 5.02 Å². The Bertz CT molecular complexity index is 1400. The molecule has 0 bridgehead atoms. The third-order valence-electron chi connectivity index (χ3n) is 4.77. The summed E-state index contributed by atoms with van der Waals surface area (Å²) >= 11 is 5.86. The molecule has 13 heteroatoms.